The van der Waals surface area contributed by atoms with Crippen LogP contribution in [-0.2, 0) is 18.6 Å². The summed E-state index contributed by atoms with van der Waals surface area (Å²) >= 11 is 18.5. The van der Waals surface area contributed by atoms with Gasteiger partial charge in [-0.15, -0.1) is 0 Å². The summed E-state index contributed by atoms with van der Waals surface area (Å²) in [6, 6.07) is 20.4. The number of aromatic nitrogens is 2. The molecule has 7 heteroatoms. The van der Waals surface area contributed by atoms with Gasteiger partial charge in [-0.05, 0) is 67.3 Å². The first-order valence-electron chi connectivity index (χ1n) is 10.6. The maximum Gasteiger partial charge on any atom is 0.130 e. The monoisotopic (exact) mass is 500 g/mol. The third-order valence-electron chi connectivity index (χ3n) is 5.49. The number of halogens is 3. The minimum Gasteiger partial charge on any atom is -0.457 e. The number of aliphatic hydroxyl groups is 1. The quantitative estimate of drug-likeness (QED) is 0.257. The Morgan fingerprint density at radius 1 is 0.939 bits per heavy atom. The first-order valence-corrected chi connectivity index (χ1v) is 11.7. The minimum absolute atomic E-state index is 0.331. The molecule has 1 unspecified atom stereocenters. The van der Waals surface area contributed by atoms with Crippen molar-refractivity contribution in [1.29, 1.82) is 0 Å². The molecular weight excluding hydrogens is 479 g/mol. The van der Waals surface area contributed by atoms with Gasteiger partial charge in [-0.3, -0.25) is 0 Å². The van der Waals surface area contributed by atoms with Crippen molar-refractivity contribution in [1.82, 2.24) is 9.55 Å². The van der Waals surface area contributed by atoms with Gasteiger partial charge in [0.15, 0.2) is 0 Å². The number of nitrogens with zero attached hydrogens (tertiary/aromatic N) is 2. The zero-order valence-corrected chi connectivity index (χ0v) is 20.1. The molecule has 0 saturated heterocycles. The van der Waals surface area contributed by atoms with Gasteiger partial charge in [0.05, 0.1) is 12.9 Å². The van der Waals surface area contributed by atoms with Gasteiger partial charge >= 0.3 is 0 Å². The Kier molecular flexibility index (Phi) is 7.61. The summed E-state index contributed by atoms with van der Waals surface area (Å²) in [6.45, 7) is 0.331. The van der Waals surface area contributed by atoms with Gasteiger partial charge in [-0.2, -0.15) is 0 Å². The van der Waals surface area contributed by atoms with Gasteiger partial charge in [0.2, 0.25) is 0 Å². The summed E-state index contributed by atoms with van der Waals surface area (Å²) in [5.41, 5.74) is 0.515. The number of ether oxygens (including phenoxy) is 1. The van der Waals surface area contributed by atoms with Crippen molar-refractivity contribution in [3.63, 3.8) is 0 Å². The van der Waals surface area contributed by atoms with Crippen LogP contribution in [-0.4, -0.2) is 14.7 Å². The van der Waals surface area contributed by atoms with E-state index in [9.17, 15) is 5.11 Å². The smallest absolute Gasteiger partial charge is 0.130 e. The lowest BCUT2D eigenvalue weighted by Crippen LogP contribution is -2.31. The fraction of sp³-hybridized carbons (Fsp3) is 0.192. The van der Waals surface area contributed by atoms with Crippen LogP contribution in [0.15, 0.2) is 85.5 Å². The highest BCUT2D eigenvalue weighted by Crippen LogP contribution is 2.36. The number of hydrogen-bond acceptors (Lipinski definition) is 3. The summed E-state index contributed by atoms with van der Waals surface area (Å²) in [7, 11) is 0. The van der Waals surface area contributed by atoms with Crippen LogP contribution >= 0.6 is 34.8 Å². The van der Waals surface area contributed by atoms with Crippen LogP contribution in [0.5, 0.6) is 11.5 Å². The molecule has 0 spiro atoms. The van der Waals surface area contributed by atoms with E-state index in [-0.39, 0.29) is 0 Å². The van der Waals surface area contributed by atoms with Crippen molar-refractivity contribution >= 4 is 34.8 Å². The van der Waals surface area contributed by atoms with Crippen molar-refractivity contribution in [3.8, 4) is 11.5 Å². The molecule has 33 heavy (non-hydrogen) atoms. The van der Waals surface area contributed by atoms with Crippen molar-refractivity contribution in [2.24, 2.45) is 0 Å². The first kappa shape index (κ1) is 23.7. The van der Waals surface area contributed by atoms with E-state index in [1.807, 2.05) is 47.2 Å². The molecule has 4 aromatic rings. The summed E-state index contributed by atoms with van der Waals surface area (Å²) < 4.78 is 7.93. The topological polar surface area (TPSA) is 47.3 Å². The maximum absolute atomic E-state index is 11.7. The van der Waals surface area contributed by atoms with E-state index in [2.05, 4.69) is 4.98 Å². The molecule has 1 N–H and O–H groups in total. The van der Waals surface area contributed by atoms with Crippen LogP contribution in [0.2, 0.25) is 15.1 Å². The molecule has 0 aliphatic carbocycles. The van der Waals surface area contributed by atoms with Crippen molar-refractivity contribution in [3.05, 3.63) is 112 Å². The third kappa shape index (κ3) is 6.10. The van der Waals surface area contributed by atoms with Crippen LogP contribution < -0.4 is 4.74 Å². The Labute approximate surface area is 208 Å². The molecule has 170 valence electrons. The van der Waals surface area contributed by atoms with E-state index in [4.69, 9.17) is 39.5 Å². The van der Waals surface area contributed by atoms with Crippen molar-refractivity contribution in [2.45, 2.75) is 31.4 Å². The van der Waals surface area contributed by atoms with Gasteiger partial charge < -0.3 is 14.4 Å². The second-order valence-corrected chi connectivity index (χ2v) is 9.19. The molecule has 0 amide bonds. The average molecular weight is 502 g/mol. The van der Waals surface area contributed by atoms with Crippen LogP contribution in [0.25, 0.3) is 0 Å². The molecule has 0 radical (unpaired) electrons. The van der Waals surface area contributed by atoms with E-state index in [0.717, 1.165) is 23.5 Å². The lowest BCUT2D eigenvalue weighted by Gasteiger charge is -2.30. The zero-order valence-electron chi connectivity index (χ0n) is 17.8. The average Bonchev–Trinajstić information content (AvgIpc) is 3.29. The Balaban J connectivity index is 1.51. The van der Waals surface area contributed by atoms with Crippen molar-refractivity contribution < 1.29 is 9.84 Å². The molecular formula is C26H23Cl3N2O2. The number of imidazole rings is 1. The molecule has 1 atom stereocenters. The van der Waals surface area contributed by atoms with Gasteiger partial charge in [-0.25, -0.2) is 4.98 Å². The molecule has 0 bridgehead atoms. The van der Waals surface area contributed by atoms with Crippen molar-refractivity contribution in [2.75, 3.05) is 0 Å². The highest BCUT2D eigenvalue weighted by molar-refractivity contribution is 6.35. The summed E-state index contributed by atoms with van der Waals surface area (Å²) in [5.74, 6) is 1.50. The molecule has 0 aliphatic heterocycles. The number of aryl methyl sites for hydroxylation is 1. The van der Waals surface area contributed by atoms with Gasteiger partial charge in [-0.1, -0.05) is 59.1 Å². The highest BCUT2D eigenvalue weighted by Gasteiger charge is 2.31. The molecule has 1 aromatic heterocycles. The van der Waals surface area contributed by atoms with E-state index in [1.165, 1.54) is 0 Å². The van der Waals surface area contributed by atoms with E-state index < -0.39 is 5.60 Å². The molecule has 3 aromatic carbocycles. The third-order valence-corrected chi connectivity index (χ3v) is 6.29. The predicted octanol–water partition coefficient (Wildman–Crippen LogP) is 7.55. The van der Waals surface area contributed by atoms with Gasteiger partial charge in [0.25, 0.3) is 0 Å². The summed E-state index contributed by atoms with van der Waals surface area (Å²) in [6.07, 6.45) is 7.12. The highest BCUT2D eigenvalue weighted by atomic mass is 35.5. The number of rotatable bonds is 9. The van der Waals surface area contributed by atoms with Crippen LogP contribution in [0.3, 0.4) is 0 Å². The van der Waals surface area contributed by atoms with E-state index in [1.54, 1.807) is 42.9 Å². The zero-order chi connectivity index (χ0) is 23.3. The van der Waals surface area contributed by atoms with E-state index >= 15 is 0 Å². The largest absolute Gasteiger partial charge is 0.457 e. The van der Waals surface area contributed by atoms with E-state index in [0.29, 0.717) is 40.0 Å². The fourth-order valence-electron chi connectivity index (χ4n) is 3.86. The standard InChI is InChI=1S/C26H23Cl3N2O2/c27-20-7-10-22(11-8-20)33-25-6-2-1-4-19(25)5-3-13-26(32,17-31-15-14-30-18-31)23-12-9-21(28)16-24(23)29/h1-2,4,6-12,14-16,18,32H,3,5,13,17H2. The Morgan fingerprint density at radius 3 is 2.42 bits per heavy atom. The normalized spacial score (nSPS) is 13.0. The fourth-order valence-corrected chi connectivity index (χ4v) is 4.57. The second-order valence-electron chi connectivity index (χ2n) is 7.91. The van der Waals surface area contributed by atoms with Crippen LogP contribution in [0.1, 0.15) is 24.0 Å². The Morgan fingerprint density at radius 2 is 1.70 bits per heavy atom. The SMILES string of the molecule is OC(CCCc1ccccc1Oc1ccc(Cl)cc1)(Cn1ccnc1)c1ccc(Cl)cc1Cl. The second kappa shape index (κ2) is 10.6. The lowest BCUT2D eigenvalue weighted by atomic mass is 9.87. The predicted molar refractivity (Wildman–Crippen MR) is 133 cm³/mol. The Bertz CT molecular complexity index is 1200. The van der Waals surface area contributed by atoms with Crippen LogP contribution in [0.4, 0.5) is 0 Å². The van der Waals surface area contributed by atoms with Gasteiger partial charge in [0.1, 0.15) is 17.1 Å². The maximum atomic E-state index is 11.7. The number of hydrogen-bond donors (Lipinski definition) is 1. The summed E-state index contributed by atoms with van der Waals surface area (Å²) in [5, 5.41) is 13.3. The first-order chi connectivity index (χ1) is 15.9. The lowest BCUT2D eigenvalue weighted by molar-refractivity contribution is 0.00782. The molecule has 1 heterocycles. The Hall–Kier alpha value is -2.50. The molecule has 4 nitrogen and oxygen atoms in total. The van der Waals surface area contributed by atoms with Gasteiger partial charge in [0, 0.05) is 33.0 Å². The summed E-state index contributed by atoms with van der Waals surface area (Å²) in [4.78, 5) is 4.09. The molecule has 0 fully saturated rings. The molecule has 0 aliphatic rings. The van der Waals surface area contributed by atoms with Crippen LogP contribution in [0, 0.1) is 0 Å². The minimum atomic E-state index is -1.19. The molecule has 4 rings (SSSR count). The number of para-hydroxylation sites is 1. The molecule has 0 saturated carbocycles. The number of benzene rings is 3.